The molecule has 1 fully saturated rings. The Balaban J connectivity index is 1.51. The van der Waals surface area contributed by atoms with Crippen LogP contribution in [-0.2, 0) is 11.3 Å². The predicted molar refractivity (Wildman–Crippen MR) is 114 cm³/mol. The normalized spacial score (nSPS) is 15.8. The molecule has 0 N–H and O–H groups in total. The van der Waals surface area contributed by atoms with Crippen molar-refractivity contribution >= 4 is 11.6 Å². The minimum Gasteiger partial charge on any atom is -0.494 e. The van der Waals surface area contributed by atoms with Crippen molar-refractivity contribution in [1.82, 2.24) is 9.80 Å². The average molecular weight is 400 g/mol. The molecule has 156 valence electrons. The minimum atomic E-state index is -0.220. The van der Waals surface area contributed by atoms with Crippen LogP contribution in [0.5, 0.6) is 5.75 Å². The zero-order chi connectivity index (χ0) is 20.8. The highest BCUT2D eigenvalue weighted by Crippen LogP contribution is 2.19. The Morgan fingerprint density at radius 2 is 1.69 bits per heavy atom. The van der Waals surface area contributed by atoms with Gasteiger partial charge in [-0.1, -0.05) is 12.1 Å². The van der Waals surface area contributed by atoms with Gasteiger partial charge in [-0.2, -0.15) is 0 Å². The van der Waals surface area contributed by atoms with Crippen molar-refractivity contribution < 1.29 is 13.9 Å². The zero-order valence-corrected chi connectivity index (χ0v) is 17.5. The van der Waals surface area contributed by atoms with Gasteiger partial charge in [0.05, 0.1) is 12.6 Å². The second-order valence-corrected chi connectivity index (χ2v) is 7.45. The number of rotatable bonds is 7. The molecule has 5 nitrogen and oxygen atoms in total. The number of benzene rings is 2. The van der Waals surface area contributed by atoms with Crippen molar-refractivity contribution in [2.24, 2.45) is 0 Å². The Hall–Kier alpha value is -2.60. The first-order valence-corrected chi connectivity index (χ1v) is 10.2. The highest BCUT2D eigenvalue weighted by Gasteiger charge is 2.27. The number of piperazine rings is 1. The highest BCUT2D eigenvalue weighted by atomic mass is 19.1. The lowest BCUT2D eigenvalue weighted by molar-refractivity contribution is -0.135. The summed E-state index contributed by atoms with van der Waals surface area (Å²) in [5, 5.41) is 0. The molecule has 0 aliphatic carbocycles. The summed E-state index contributed by atoms with van der Waals surface area (Å²) >= 11 is 0. The first-order chi connectivity index (χ1) is 14.0. The van der Waals surface area contributed by atoms with Gasteiger partial charge in [-0.05, 0) is 55.8 Å². The van der Waals surface area contributed by atoms with E-state index in [2.05, 4.69) is 9.80 Å². The summed E-state index contributed by atoms with van der Waals surface area (Å²) in [6, 6.07) is 14.3. The van der Waals surface area contributed by atoms with Crippen LogP contribution in [0.15, 0.2) is 48.5 Å². The van der Waals surface area contributed by atoms with Crippen LogP contribution in [0.1, 0.15) is 19.4 Å². The van der Waals surface area contributed by atoms with Gasteiger partial charge in [0.25, 0.3) is 0 Å². The molecule has 1 atom stereocenters. The van der Waals surface area contributed by atoms with Gasteiger partial charge in [-0.3, -0.25) is 9.69 Å². The molecule has 2 aromatic rings. The van der Waals surface area contributed by atoms with Gasteiger partial charge in [0.2, 0.25) is 5.91 Å². The number of hydrogen-bond acceptors (Lipinski definition) is 4. The summed E-state index contributed by atoms with van der Waals surface area (Å²) in [5.74, 6) is 0.744. The van der Waals surface area contributed by atoms with E-state index in [1.54, 1.807) is 4.90 Å². The van der Waals surface area contributed by atoms with Crippen LogP contribution < -0.4 is 9.64 Å². The SMILES string of the molecule is CCOc1ccc(CN(C)C(=O)C(C)N2CCN(c3ccc(F)cc3)CC2)cc1. The summed E-state index contributed by atoms with van der Waals surface area (Å²) in [7, 11) is 1.85. The molecular formula is C23H30FN3O2. The molecule has 1 aliphatic rings. The minimum absolute atomic E-state index is 0.120. The molecule has 29 heavy (non-hydrogen) atoms. The van der Waals surface area contributed by atoms with Crippen molar-refractivity contribution in [2.75, 3.05) is 44.7 Å². The molecule has 3 rings (SSSR count). The predicted octanol–water partition coefficient (Wildman–Crippen LogP) is 3.39. The van der Waals surface area contributed by atoms with E-state index in [0.29, 0.717) is 13.2 Å². The van der Waals surface area contributed by atoms with E-state index < -0.39 is 0 Å². The quantitative estimate of drug-likeness (QED) is 0.715. The maximum Gasteiger partial charge on any atom is 0.239 e. The van der Waals surface area contributed by atoms with Crippen LogP contribution in [0, 0.1) is 5.82 Å². The zero-order valence-electron chi connectivity index (χ0n) is 17.5. The van der Waals surface area contributed by atoms with Gasteiger partial charge in [-0.15, -0.1) is 0 Å². The van der Waals surface area contributed by atoms with Gasteiger partial charge in [0, 0.05) is 45.5 Å². The first kappa shape index (κ1) is 21.1. The number of halogens is 1. The lowest BCUT2D eigenvalue weighted by Gasteiger charge is -2.39. The van der Waals surface area contributed by atoms with Crippen LogP contribution in [0.25, 0.3) is 0 Å². The lowest BCUT2D eigenvalue weighted by Crippen LogP contribution is -2.54. The second-order valence-electron chi connectivity index (χ2n) is 7.45. The van der Waals surface area contributed by atoms with Gasteiger partial charge in [-0.25, -0.2) is 4.39 Å². The Labute approximate surface area is 172 Å². The van der Waals surface area contributed by atoms with Gasteiger partial charge in [0.15, 0.2) is 0 Å². The molecule has 0 bridgehead atoms. The number of anilines is 1. The topological polar surface area (TPSA) is 36.0 Å². The molecule has 0 aromatic heterocycles. The van der Waals surface area contributed by atoms with Crippen molar-refractivity contribution in [3.8, 4) is 5.75 Å². The van der Waals surface area contributed by atoms with Crippen LogP contribution in [0.4, 0.5) is 10.1 Å². The summed E-state index contributed by atoms with van der Waals surface area (Å²) in [6.45, 7) is 8.42. The fourth-order valence-electron chi connectivity index (χ4n) is 3.70. The van der Waals surface area contributed by atoms with Gasteiger partial charge in [0.1, 0.15) is 11.6 Å². The van der Waals surface area contributed by atoms with Crippen molar-refractivity contribution in [1.29, 1.82) is 0 Å². The van der Waals surface area contributed by atoms with Crippen LogP contribution in [0.3, 0.4) is 0 Å². The van der Waals surface area contributed by atoms with E-state index in [1.165, 1.54) is 12.1 Å². The summed E-state index contributed by atoms with van der Waals surface area (Å²) in [4.78, 5) is 19.1. The number of carbonyl (C=O) groups is 1. The number of carbonyl (C=O) groups excluding carboxylic acids is 1. The monoisotopic (exact) mass is 399 g/mol. The Bertz CT molecular complexity index is 787. The Kier molecular flexibility index (Phi) is 7.09. The molecule has 2 aromatic carbocycles. The number of amides is 1. The average Bonchev–Trinajstić information content (AvgIpc) is 2.75. The van der Waals surface area contributed by atoms with E-state index in [0.717, 1.165) is 43.2 Å². The van der Waals surface area contributed by atoms with Gasteiger partial charge >= 0.3 is 0 Å². The molecular weight excluding hydrogens is 369 g/mol. The van der Waals surface area contributed by atoms with Crippen molar-refractivity contribution in [3.05, 3.63) is 59.9 Å². The number of likely N-dealkylation sites (N-methyl/N-ethyl adjacent to an activating group) is 1. The number of nitrogens with zero attached hydrogens (tertiary/aromatic N) is 3. The maximum absolute atomic E-state index is 13.1. The third-order valence-corrected chi connectivity index (χ3v) is 5.44. The lowest BCUT2D eigenvalue weighted by atomic mass is 10.1. The fourth-order valence-corrected chi connectivity index (χ4v) is 3.70. The van der Waals surface area contributed by atoms with E-state index >= 15 is 0 Å². The van der Waals surface area contributed by atoms with Crippen molar-refractivity contribution in [2.45, 2.75) is 26.4 Å². The molecule has 1 amide bonds. The molecule has 1 saturated heterocycles. The molecule has 6 heteroatoms. The molecule has 0 saturated carbocycles. The molecule has 0 radical (unpaired) electrons. The second kappa shape index (κ2) is 9.74. The summed E-state index contributed by atoms with van der Waals surface area (Å²) in [5.41, 5.74) is 2.11. The Morgan fingerprint density at radius 3 is 2.28 bits per heavy atom. The first-order valence-electron chi connectivity index (χ1n) is 10.2. The van der Waals surface area contributed by atoms with E-state index in [4.69, 9.17) is 4.74 Å². The van der Waals surface area contributed by atoms with Crippen LogP contribution in [-0.4, -0.2) is 61.6 Å². The smallest absolute Gasteiger partial charge is 0.239 e. The largest absolute Gasteiger partial charge is 0.494 e. The standard InChI is InChI=1S/C23H30FN3O2/c1-4-29-22-11-5-19(6-12-22)17-25(3)23(28)18(2)26-13-15-27(16-14-26)21-9-7-20(24)8-10-21/h5-12,18H,4,13-17H2,1-3H3. The summed E-state index contributed by atoms with van der Waals surface area (Å²) in [6.07, 6.45) is 0. The molecule has 1 aliphatic heterocycles. The number of ether oxygens (including phenoxy) is 1. The number of hydrogen-bond donors (Lipinski definition) is 0. The van der Waals surface area contributed by atoms with Crippen LogP contribution >= 0.6 is 0 Å². The van der Waals surface area contributed by atoms with E-state index in [1.807, 2.05) is 57.3 Å². The summed E-state index contributed by atoms with van der Waals surface area (Å²) < 4.78 is 18.6. The fraction of sp³-hybridized carbons (Fsp3) is 0.435. The van der Waals surface area contributed by atoms with Crippen LogP contribution in [0.2, 0.25) is 0 Å². The highest BCUT2D eigenvalue weighted by molar-refractivity contribution is 5.81. The van der Waals surface area contributed by atoms with Gasteiger partial charge < -0.3 is 14.5 Å². The van der Waals surface area contributed by atoms with E-state index in [-0.39, 0.29) is 17.8 Å². The third kappa shape index (κ3) is 5.48. The maximum atomic E-state index is 13.1. The third-order valence-electron chi connectivity index (χ3n) is 5.44. The van der Waals surface area contributed by atoms with Crippen molar-refractivity contribution in [3.63, 3.8) is 0 Å². The molecule has 1 unspecified atom stereocenters. The Morgan fingerprint density at radius 1 is 1.07 bits per heavy atom. The van der Waals surface area contributed by atoms with E-state index in [9.17, 15) is 9.18 Å². The molecule has 0 spiro atoms. The molecule has 1 heterocycles.